The summed E-state index contributed by atoms with van der Waals surface area (Å²) in [5.41, 5.74) is 22.6. The summed E-state index contributed by atoms with van der Waals surface area (Å²) >= 11 is 0. The Kier molecular flexibility index (Phi) is 22.7. The first kappa shape index (κ1) is 46.2. The Bertz CT molecular complexity index is 1550. The van der Waals surface area contributed by atoms with E-state index in [4.69, 9.17) is 11.5 Å². The minimum atomic E-state index is 0.416. The number of nitrogen functional groups attached to an aromatic ring is 2. The molecule has 0 saturated heterocycles. The van der Waals surface area contributed by atoms with Gasteiger partial charge in [-0.25, -0.2) is 0 Å². The molecular formula is C55H82N2. The van der Waals surface area contributed by atoms with Crippen molar-refractivity contribution < 1.29 is 0 Å². The molecule has 0 spiro atoms. The second-order valence-corrected chi connectivity index (χ2v) is 17.5. The molecule has 0 saturated carbocycles. The highest BCUT2D eigenvalue weighted by Gasteiger charge is 2.19. The van der Waals surface area contributed by atoms with Gasteiger partial charge in [-0.3, -0.25) is 0 Å². The number of unbranched alkanes of at least 4 members (excludes halogenated alkanes) is 18. The summed E-state index contributed by atoms with van der Waals surface area (Å²) in [6.07, 6.45) is 33.0. The summed E-state index contributed by atoms with van der Waals surface area (Å²) in [4.78, 5) is 0. The van der Waals surface area contributed by atoms with E-state index in [1.54, 1.807) is 0 Å². The fraction of sp³-hybridized carbons (Fsp3) is 0.564. The highest BCUT2D eigenvalue weighted by molar-refractivity contribution is 5.44. The zero-order chi connectivity index (χ0) is 40.3. The van der Waals surface area contributed by atoms with Crippen LogP contribution in [-0.4, -0.2) is 0 Å². The molecule has 0 aliphatic carbocycles. The molecule has 4 N–H and O–H groups in total. The molecule has 4 rings (SSSR count). The monoisotopic (exact) mass is 771 g/mol. The first-order chi connectivity index (χ1) is 28.0. The largest absolute Gasteiger partial charge is 0.399 e. The lowest BCUT2D eigenvalue weighted by Crippen LogP contribution is -2.07. The van der Waals surface area contributed by atoms with Crippen LogP contribution in [0.4, 0.5) is 11.4 Å². The van der Waals surface area contributed by atoms with Crippen molar-refractivity contribution in [2.75, 3.05) is 11.5 Å². The van der Waals surface area contributed by atoms with Gasteiger partial charge in [0.2, 0.25) is 0 Å². The van der Waals surface area contributed by atoms with Crippen LogP contribution in [0.1, 0.15) is 226 Å². The van der Waals surface area contributed by atoms with E-state index in [9.17, 15) is 0 Å². The number of rotatable bonds is 31. The van der Waals surface area contributed by atoms with Gasteiger partial charge in [0.05, 0.1) is 0 Å². The smallest absolute Gasteiger partial charge is 0.0314 e. The second kappa shape index (κ2) is 28.0. The van der Waals surface area contributed by atoms with Crippen molar-refractivity contribution in [2.24, 2.45) is 0 Å². The number of benzene rings is 4. The molecule has 4 aromatic rings. The number of hydrogen-bond donors (Lipinski definition) is 2. The van der Waals surface area contributed by atoms with E-state index in [1.807, 2.05) is 0 Å². The van der Waals surface area contributed by atoms with Crippen LogP contribution in [0, 0.1) is 0 Å². The molecule has 0 aliphatic rings. The second-order valence-electron chi connectivity index (χ2n) is 17.5. The molecule has 3 atom stereocenters. The third-order valence-corrected chi connectivity index (χ3v) is 12.7. The zero-order valence-electron chi connectivity index (χ0n) is 36.8. The summed E-state index contributed by atoms with van der Waals surface area (Å²) in [5, 5.41) is 0. The molecule has 3 unspecified atom stereocenters. The molecule has 0 aromatic heterocycles. The van der Waals surface area contributed by atoms with E-state index < -0.39 is 0 Å². The van der Waals surface area contributed by atoms with Gasteiger partial charge in [0.15, 0.2) is 0 Å². The minimum Gasteiger partial charge on any atom is -0.399 e. The van der Waals surface area contributed by atoms with Crippen LogP contribution in [0.25, 0.3) is 0 Å². The maximum Gasteiger partial charge on any atom is 0.0314 e. The molecule has 0 bridgehead atoms. The molecule has 2 heteroatoms. The van der Waals surface area contributed by atoms with Gasteiger partial charge < -0.3 is 11.5 Å². The lowest BCUT2D eigenvalue weighted by Gasteiger charge is -2.22. The molecule has 4 aromatic carbocycles. The SMILES string of the molecule is CCCCCCCCCCC(c1ccc(N)cc1)c1ccc(CC(CCCCCCC)c2ccc(C(CCCCCCCCCC)c3ccc(N)cc3)cc2)cc1. The fourth-order valence-electron chi connectivity index (χ4n) is 9.02. The van der Waals surface area contributed by atoms with Gasteiger partial charge in [-0.15, -0.1) is 0 Å². The lowest BCUT2D eigenvalue weighted by molar-refractivity contribution is 0.541. The Morgan fingerprint density at radius 2 is 0.596 bits per heavy atom. The summed E-state index contributed by atoms with van der Waals surface area (Å²) < 4.78 is 0. The van der Waals surface area contributed by atoms with Gasteiger partial charge in [0.1, 0.15) is 0 Å². The third kappa shape index (κ3) is 17.5. The molecule has 0 heterocycles. The normalized spacial score (nSPS) is 13.1. The van der Waals surface area contributed by atoms with Crippen LogP contribution in [0.2, 0.25) is 0 Å². The quantitative estimate of drug-likeness (QED) is 0.0395. The van der Waals surface area contributed by atoms with Gasteiger partial charge in [-0.1, -0.05) is 228 Å². The Morgan fingerprint density at radius 1 is 0.316 bits per heavy atom. The highest BCUT2D eigenvalue weighted by atomic mass is 14.5. The third-order valence-electron chi connectivity index (χ3n) is 12.7. The van der Waals surface area contributed by atoms with Gasteiger partial charge >= 0.3 is 0 Å². The summed E-state index contributed by atoms with van der Waals surface area (Å²) in [6, 6.07) is 36.9. The van der Waals surface area contributed by atoms with E-state index in [-0.39, 0.29) is 0 Å². The molecule has 0 radical (unpaired) electrons. The first-order valence-corrected chi connectivity index (χ1v) is 23.9. The highest BCUT2D eigenvalue weighted by Crippen LogP contribution is 2.35. The van der Waals surface area contributed by atoms with Crippen LogP contribution >= 0.6 is 0 Å². The minimum absolute atomic E-state index is 0.416. The number of anilines is 2. The molecule has 57 heavy (non-hydrogen) atoms. The van der Waals surface area contributed by atoms with Crippen molar-refractivity contribution in [3.8, 4) is 0 Å². The zero-order valence-corrected chi connectivity index (χ0v) is 36.8. The molecule has 0 aliphatic heterocycles. The van der Waals surface area contributed by atoms with Crippen LogP contribution in [0.3, 0.4) is 0 Å². The van der Waals surface area contributed by atoms with Crippen molar-refractivity contribution >= 4 is 11.4 Å². The number of hydrogen-bond acceptors (Lipinski definition) is 2. The van der Waals surface area contributed by atoms with Gasteiger partial charge in [-0.05, 0) is 89.2 Å². The summed E-state index contributed by atoms with van der Waals surface area (Å²) in [5.74, 6) is 1.36. The predicted molar refractivity (Wildman–Crippen MR) is 253 cm³/mol. The lowest BCUT2D eigenvalue weighted by atomic mass is 9.82. The first-order valence-electron chi connectivity index (χ1n) is 23.9. The Morgan fingerprint density at radius 3 is 0.965 bits per heavy atom. The topological polar surface area (TPSA) is 52.0 Å². The average molecular weight is 771 g/mol. The van der Waals surface area contributed by atoms with Gasteiger partial charge in [-0.2, -0.15) is 0 Å². The standard InChI is InChI=1S/C55H82N2/c1-4-7-10-13-15-17-20-23-26-54(49-36-40-52(56)41-37-49)47-30-28-45(29-31-47)44-51(25-22-19-12-9-6-3)46-32-34-48(35-33-46)55(50-38-42-53(57)43-39-50)27-24-21-18-16-14-11-8-5-2/h28-43,51,54-55H,4-27,44,56-57H2,1-3H3. The van der Waals surface area contributed by atoms with E-state index in [1.165, 1.54) is 187 Å². The Hall–Kier alpha value is -3.52. The van der Waals surface area contributed by atoms with E-state index in [0.29, 0.717) is 17.8 Å². The van der Waals surface area contributed by atoms with E-state index in [2.05, 4.69) is 118 Å². The van der Waals surface area contributed by atoms with Crippen molar-refractivity contribution in [2.45, 2.75) is 199 Å². The molecular weight excluding hydrogens is 689 g/mol. The van der Waals surface area contributed by atoms with Crippen LogP contribution in [-0.2, 0) is 6.42 Å². The van der Waals surface area contributed by atoms with Crippen LogP contribution in [0.5, 0.6) is 0 Å². The van der Waals surface area contributed by atoms with E-state index >= 15 is 0 Å². The molecule has 2 nitrogen and oxygen atoms in total. The van der Waals surface area contributed by atoms with Crippen molar-refractivity contribution in [3.05, 3.63) is 130 Å². The fourth-order valence-corrected chi connectivity index (χ4v) is 9.02. The van der Waals surface area contributed by atoms with Crippen molar-refractivity contribution in [3.63, 3.8) is 0 Å². The maximum absolute atomic E-state index is 6.13. The summed E-state index contributed by atoms with van der Waals surface area (Å²) in [6.45, 7) is 6.91. The average Bonchev–Trinajstić information content (AvgIpc) is 3.23. The Balaban J connectivity index is 1.45. The predicted octanol–water partition coefficient (Wildman–Crippen LogP) is 16.9. The van der Waals surface area contributed by atoms with Crippen molar-refractivity contribution in [1.82, 2.24) is 0 Å². The summed E-state index contributed by atoms with van der Waals surface area (Å²) in [7, 11) is 0. The van der Waals surface area contributed by atoms with Crippen molar-refractivity contribution in [1.29, 1.82) is 0 Å². The van der Waals surface area contributed by atoms with Crippen LogP contribution in [0.15, 0.2) is 97.1 Å². The maximum atomic E-state index is 6.13. The number of nitrogens with two attached hydrogens (primary N) is 2. The Labute approximate surface area is 351 Å². The molecule has 0 fully saturated rings. The van der Waals surface area contributed by atoms with Gasteiger partial charge in [0.25, 0.3) is 0 Å². The van der Waals surface area contributed by atoms with E-state index in [0.717, 1.165) is 17.8 Å². The van der Waals surface area contributed by atoms with Gasteiger partial charge in [0, 0.05) is 23.2 Å². The van der Waals surface area contributed by atoms with Crippen LogP contribution < -0.4 is 11.5 Å². The molecule has 0 amide bonds. The molecule has 312 valence electrons.